The molecule has 5 nitrogen and oxygen atoms in total. The maximum Gasteiger partial charge on any atom is 0.322 e. The van der Waals surface area contributed by atoms with Gasteiger partial charge in [-0.25, -0.2) is 4.39 Å². The molecule has 20 heavy (non-hydrogen) atoms. The van der Waals surface area contributed by atoms with Crippen molar-refractivity contribution in [2.75, 3.05) is 20.7 Å². The van der Waals surface area contributed by atoms with Crippen molar-refractivity contribution >= 4 is 18.0 Å². The van der Waals surface area contributed by atoms with Gasteiger partial charge in [-0.3, -0.25) is 9.59 Å². The Bertz CT molecular complexity index is 515. The summed E-state index contributed by atoms with van der Waals surface area (Å²) < 4.78 is 18.4. The topological polar surface area (TPSA) is 59.0 Å². The van der Waals surface area contributed by atoms with Gasteiger partial charge in [-0.2, -0.15) is 5.10 Å². The van der Waals surface area contributed by atoms with Crippen molar-refractivity contribution in [3.05, 3.63) is 35.6 Å². The van der Waals surface area contributed by atoms with E-state index in [2.05, 4.69) is 5.10 Å². The van der Waals surface area contributed by atoms with E-state index in [-0.39, 0.29) is 12.2 Å². The monoisotopic (exact) mass is 280 g/mol. The lowest BCUT2D eigenvalue weighted by molar-refractivity contribution is -0.144. The molecule has 0 spiro atoms. The molecule has 1 aromatic rings. The number of rotatable bonds is 6. The van der Waals surface area contributed by atoms with Crippen molar-refractivity contribution in [1.82, 2.24) is 5.01 Å². The van der Waals surface area contributed by atoms with Crippen LogP contribution in [0, 0.1) is 11.7 Å². The lowest BCUT2D eigenvalue weighted by atomic mass is 9.98. The van der Waals surface area contributed by atoms with Gasteiger partial charge < -0.3 is 9.75 Å². The molecule has 0 saturated carbocycles. The van der Waals surface area contributed by atoms with Crippen molar-refractivity contribution in [2.45, 2.75) is 6.92 Å². The fourth-order valence-electron chi connectivity index (χ4n) is 1.50. The van der Waals surface area contributed by atoms with Gasteiger partial charge >= 0.3 is 5.97 Å². The van der Waals surface area contributed by atoms with E-state index in [9.17, 15) is 14.0 Å². The Hall–Kier alpha value is -2.24. The molecular formula is C14H17FN2O3. The molecular weight excluding hydrogens is 263 g/mol. The number of Topliss-reactive ketones (excluding diaryl/α,β-unsaturated/α-hetero) is 1. The number of nitrogens with zero attached hydrogens (tertiary/aromatic N) is 2. The smallest absolute Gasteiger partial charge is 0.322 e. The van der Waals surface area contributed by atoms with Crippen molar-refractivity contribution in [3.8, 4) is 0 Å². The second kappa shape index (κ2) is 7.37. The summed E-state index contributed by atoms with van der Waals surface area (Å²) in [5.41, 5.74) is -0.157. The molecule has 108 valence electrons. The van der Waals surface area contributed by atoms with E-state index in [1.807, 2.05) is 0 Å². The molecule has 1 aromatic carbocycles. The largest absolute Gasteiger partial charge is 0.465 e. The van der Waals surface area contributed by atoms with Gasteiger partial charge in [-0.05, 0) is 19.1 Å². The second-order valence-electron chi connectivity index (χ2n) is 4.19. The number of hydrogen-bond donors (Lipinski definition) is 0. The molecule has 0 aliphatic rings. The minimum atomic E-state index is -1.26. The summed E-state index contributed by atoms with van der Waals surface area (Å²) >= 11 is 0. The minimum absolute atomic E-state index is 0.135. The van der Waals surface area contributed by atoms with Gasteiger partial charge in [0.15, 0.2) is 11.7 Å². The van der Waals surface area contributed by atoms with Crippen molar-refractivity contribution in [1.29, 1.82) is 0 Å². The van der Waals surface area contributed by atoms with Crippen LogP contribution in [0.4, 0.5) is 4.39 Å². The highest BCUT2D eigenvalue weighted by molar-refractivity contribution is 6.18. The first-order valence-electron chi connectivity index (χ1n) is 6.14. The summed E-state index contributed by atoms with van der Waals surface area (Å²) in [7, 11) is 3.29. The molecule has 0 aliphatic carbocycles. The Morgan fingerprint density at radius 1 is 1.40 bits per heavy atom. The second-order valence-corrected chi connectivity index (χ2v) is 4.19. The molecule has 0 amide bonds. The summed E-state index contributed by atoms with van der Waals surface area (Å²) in [5, 5.41) is 5.30. The van der Waals surface area contributed by atoms with Crippen molar-refractivity contribution < 1.29 is 18.7 Å². The van der Waals surface area contributed by atoms with E-state index in [4.69, 9.17) is 4.74 Å². The first-order chi connectivity index (χ1) is 9.47. The molecule has 0 fully saturated rings. The molecule has 1 rings (SSSR count). The number of benzene rings is 1. The molecule has 1 unspecified atom stereocenters. The van der Waals surface area contributed by atoms with Gasteiger partial charge in [0.05, 0.1) is 12.2 Å². The summed E-state index contributed by atoms with van der Waals surface area (Å²) in [6, 6.07) is 5.49. The van der Waals surface area contributed by atoms with E-state index in [1.54, 1.807) is 21.0 Å². The van der Waals surface area contributed by atoms with Crippen LogP contribution in [0.25, 0.3) is 0 Å². The molecule has 0 bridgehead atoms. The van der Waals surface area contributed by atoms with Crippen molar-refractivity contribution in [2.24, 2.45) is 11.0 Å². The first kappa shape index (κ1) is 15.8. The fourth-order valence-corrected chi connectivity index (χ4v) is 1.50. The normalized spacial score (nSPS) is 12.2. The number of ether oxygens (including phenoxy) is 1. The number of carbonyl (C=O) groups excluding carboxylic acids is 2. The Kier molecular flexibility index (Phi) is 5.83. The predicted molar refractivity (Wildman–Crippen MR) is 73.0 cm³/mol. The lowest BCUT2D eigenvalue weighted by Gasteiger charge is -2.12. The van der Waals surface area contributed by atoms with E-state index in [0.717, 1.165) is 6.21 Å². The van der Waals surface area contributed by atoms with Gasteiger partial charge in [0.25, 0.3) is 0 Å². The van der Waals surface area contributed by atoms with Crippen LogP contribution in [-0.2, 0) is 9.53 Å². The summed E-state index contributed by atoms with van der Waals surface area (Å²) in [6.07, 6.45) is 1.16. The molecule has 0 aliphatic heterocycles. The molecule has 0 radical (unpaired) electrons. The van der Waals surface area contributed by atoms with Crippen LogP contribution >= 0.6 is 0 Å². The lowest BCUT2D eigenvalue weighted by Crippen LogP contribution is -2.29. The molecule has 6 heteroatoms. The fraction of sp³-hybridized carbons (Fsp3) is 0.357. The number of hydrazone groups is 1. The average molecular weight is 280 g/mol. The maximum absolute atomic E-state index is 13.6. The number of halogens is 1. The first-order valence-corrected chi connectivity index (χ1v) is 6.14. The quantitative estimate of drug-likeness (QED) is 0.262. The highest BCUT2D eigenvalue weighted by Gasteiger charge is 2.29. The van der Waals surface area contributed by atoms with Gasteiger partial charge in [0.2, 0.25) is 0 Å². The van der Waals surface area contributed by atoms with E-state index >= 15 is 0 Å². The van der Waals surface area contributed by atoms with Crippen LogP contribution in [0.15, 0.2) is 29.4 Å². The number of esters is 1. The standard InChI is InChI=1S/C14H17FN2O3/c1-4-20-14(19)11(9-16-17(2)3)13(18)10-7-5-6-8-12(10)15/h5-9,11H,4H2,1-3H3. The number of hydrogen-bond acceptors (Lipinski definition) is 5. The highest BCUT2D eigenvalue weighted by Crippen LogP contribution is 2.13. The summed E-state index contributed by atoms with van der Waals surface area (Å²) in [4.78, 5) is 24.1. The zero-order valence-corrected chi connectivity index (χ0v) is 11.7. The van der Waals surface area contributed by atoms with Gasteiger partial charge in [0.1, 0.15) is 5.82 Å². The molecule has 0 saturated heterocycles. The Morgan fingerprint density at radius 2 is 2.05 bits per heavy atom. The molecule has 0 heterocycles. The van der Waals surface area contributed by atoms with Crippen LogP contribution in [0.2, 0.25) is 0 Å². The molecule has 0 N–H and O–H groups in total. The predicted octanol–water partition coefficient (Wildman–Crippen LogP) is 1.74. The van der Waals surface area contributed by atoms with E-state index in [1.165, 1.54) is 29.3 Å². The van der Waals surface area contributed by atoms with Crippen LogP contribution in [0.1, 0.15) is 17.3 Å². The van der Waals surface area contributed by atoms with E-state index in [0.29, 0.717) is 0 Å². The minimum Gasteiger partial charge on any atom is -0.465 e. The van der Waals surface area contributed by atoms with Crippen LogP contribution in [-0.4, -0.2) is 43.7 Å². The van der Waals surface area contributed by atoms with Crippen LogP contribution < -0.4 is 0 Å². The molecule has 1 atom stereocenters. The highest BCUT2D eigenvalue weighted by atomic mass is 19.1. The Morgan fingerprint density at radius 3 is 2.60 bits per heavy atom. The zero-order valence-electron chi connectivity index (χ0n) is 11.7. The van der Waals surface area contributed by atoms with Crippen LogP contribution in [0.3, 0.4) is 0 Å². The van der Waals surface area contributed by atoms with Crippen molar-refractivity contribution in [3.63, 3.8) is 0 Å². The molecule has 0 aromatic heterocycles. The maximum atomic E-state index is 13.6. The van der Waals surface area contributed by atoms with Gasteiger partial charge in [-0.15, -0.1) is 0 Å². The number of ketones is 1. The van der Waals surface area contributed by atoms with Crippen LogP contribution in [0.5, 0.6) is 0 Å². The Labute approximate surface area is 117 Å². The third-order valence-electron chi connectivity index (χ3n) is 2.41. The number of carbonyl (C=O) groups is 2. The SMILES string of the molecule is CCOC(=O)C(C=NN(C)C)C(=O)c1ccccc1F. The summed E-state index contributed by atoms with van der Waals surface area (Å²) in [6.45, 7) is 1.77. The summed E-state index contributed by atoms with van der Waals surface area (Å²) in [5.74, 6) is -3.35. The zero-order chi connectivity index (χ0) is 15.1. The third kappa shape index (κ3) is 4.15. The van der Waals surface area contributed by atoms with Gasteiger partial charge in [-0.1, -0.05) is 12.1 Å². The van der Waals surface area contributed by atoms with E-state index < -0.39 is 23.5 Å². The third-order valence-corrected chi connectivity index (χ3v) is 2.41. The Balaban J connectivity index is 3.07. The average Bonchev–Trinajstić information content (AvgIpc) is 2.39. The van der Waals surface area contributed by atoms with Gasteiger partial charge in [0, 0.05) is 20.3 Å².